The van der Waals surface area contributed by atoms with Gasteiger partial charge in [0.15, 0.2) is 0 Å². The van der Waals surface area contributed by atoms with Crippen molar-refractivity contribution in [1.82, 2.24) is 10.2 Å². The molecule has 0 saturated heterocycles. The molecule has 2 amide bonds. The molecule has 1 fully saturated rings. The van der Waals surface area contributed by atoms with Crippen LogP contribution in [0.15, 0.2) is 115 Å². The molecule has 4 nitrogen and oxygen atoms in total. The van der Waals surface area contributed by atoms with Gasteiger partial charge in [-0.1, -0.05) is 122 Å². The molecule has 0 aromatic heterocycles. The lowest BCUT2D eigenvalue weighted by molar-refractivity contribution is -0.141. The molecule has 210 valence electrons. The summed E-state index contributed by atoms with van der Waals surface area (Å²) < 4.78 is 15.0. The second kappa shape index (κ2) is 13.9. The fourth-order valence-corrected chi connectivity index (χ4v) is 5.82. The third-order valence-electron chi connectivity index (χ3n) is 8.05. The highest BCUT2D eigenvalue weighted by Gasteiger charge is 2.34. The summed E-state index contributed by atoms with van der Waals surface area (Å²) in [5.41, 5.74) is 3.39. The van der Waals surface area contributed by atoms with Crippen molar-refractivity contribution in [2.24, 2.45) is 0 Å². The summed E-state index contributed by atoms with van der Waals surface area (Å²) in [4.78, 5) is 30.0. The molecule has 0 unspecified atom stereocenters. The van der Waals surface area contributed by atoms with Crippen LogP contribution in [0.1, 0.15) is 60.3 Å². The molecule has 4 aromatic rings. The van der Waals surface area contributed by atoms with Gasteiger partial charge in [0, 0.05) is 36.9 Å². The second-order valence-corrected chi connectivity index (χ2v) is 10.9. The first-order valence-corrected chi connectivity index (χ1v) is 14.6. The van der Waals surface area contributed by atoms with Gasteiger partial charge in [-0.15, -0.1) is 0 Å². The van der Waals surface area contributed by atoms with Crippen LogP contribution in [0.3, 0.4) is 0 Å². The Bertz CT molecular complexity index is 1370. The molecular formula is C36H37FN2O2. The highest BCUT2D eigenvalue weighted by atomic mass is 19.1. The summed E-state index contributed by atoms with van der Waals surface area (Å²) in [6.45, 7) is 0.0113. The molecule has 1 aliphatic rings. The maximum absolute atomic E-state index is 15.0. The first-order chi connectivity index (χ1) is 20.1. The van der Waals surface area contributed by atoms with Gasteiger partial charge >= 0.3 is 0 Å². The minimum absolute atomic E-state index is 0.0113. The zero-order valence-electron chi connectivity index (χ0n) is 23.3. The largest absolute Gasteiger partial charge is 0.352 e. The number of carbonyl (C=O) groups is 2. The van der Waals surface area contributed by atoms with Crippen LogP contribution in [-0.4, -0.2) is 28.8 Å². The first-order valence-electron chi connectivity index (χ1n) is 14.6. The van der Waals surface area contributed by atoms with E-state index in [1.54, 1.807) is 23.1 Å². The average molecular weight is 549 g/mol. The number of nitrogens with zero attached hydrogens (tertiary/aromatic N) is 1. The van der Waals surface area contributed by atoms with E-state index in [-0.39, 0.29) is 42.6 Å². The topological polar surface area (TPSA) is 49.4 Å². The standard InChI is InChI=1S/C36H37FN2O2/c37-33-23-13-10-20-30(33)26-39(34(24-27-14-4-1-5-15-27)36(41)38-31-21-11-12-22-31)35(40)25-32(28-16-6-2-7-17-28)29-18-8-3-9-19-29/h1-10,13-20,23,31-32,34H,11-12,21-22,24-26H2,(H,38,41)/t34-/m1/s1. The highest BCUT2D eigenvalue weighted by Crippen LogP contribution is 2.30. The van der Waals surface area contributed by atoms with E-state index in [2.05, 4.69) is 5.32 Å². The van der Waals surface area contributed by atoms with Crippen molar-refractivity contribution in [2.45, 2.75) is 63.1 Å². The lowest BCUT2D eigenvalue weighted by Crippen LogP contribution is -2.52. The predicted molar refractivity (Wildman–Crippen MR) is 161 cm³/mol. The monoisotopic (exact) mass is 548 g/mol. The zero-order chi connectivity index (χ0) is 28.4. The van der Waals surface area contributed by atoms with Crippen LogP contribution in [0.4, 0.5) is 4.39 Å². The number of benzene rings is 4. The Hall–Kier alpha value is -4.25. The van der Waals surface area contributed by atoms with E-state index < -0.39 is 6.04 Å². The van der Waals surface area contributed by atoms with E-state index in [9.17, 15) is 14.0 Å². The van der Waals surface area contributed by atoms with Crippen molar-refractivity contribution >= 4 is 11.8 Å². The fraction of sp³-hybridized carbons (Fsp3) is 0.278. The maximum atomic E-state index is 15.0. The van der Waals surface area contributed by atoms with Gasteiger partial charge in [-0.25, -0.2) is 4.39 Å². The smallest absolute Gasteiger partial charge is 0.243 e. The Balaban J connectivity index is 1.52. The number of hydrogen-bond acceptors (Lipinski definition) is 2. The Morgan fingerprint density at radius 3 is 1.88 bits per heavy atom. The molecule has 41 heavy (non-hydrogen) atoms. The molecule has 4 aromatic carbocycles. The van der Waals surface area contributed by atoms with Gasteiger partial charge in [0.25, 0.3) is 0 Å². The summed E-state index contributed by atoms with van der Waals surface area (Å²) in [5, 5.41) is 3.23. The first kappa shape index (κ1) is 28.3. The van der Waals surface area contributed by atoms with Crippen LogP contribution >= 0.6 is 0 Å². The number of halogens is 1. The molecule has 0 heterocycles. The minimum Gasteiger partial charge on any atom is -0.352 e. The Morgan fingerprint density at radius 2 is 1.29 bits per heavy atom. The molecule has 1 saturated carbocycles. The van der Waals surface area contributed by atoms with Gasteiger partial charge in [-0.2, -0.15) is 0 Å². The van der Waals surface area contributed by atoms with Crippen LogP contribution < -0.4 is 5.32 Å². The van der Waals surface area contributed by atoms with Crippen LogP contribution in [0, 0.1) is 5.82 Å². The summed E-state index contributed by atoms with van der Waals surface area (Å²) in [6.07, 6.45) is 4.56. The summed E-state index contributed by atoms with van der Waals surface area (Å²) >= 11 is 0. The van der Waals surface area contributed by atoms with Gasteiger partial charge in [-0.3, -0.25) is 9.59 Å². The van der Waals surface area contributed by atoms with Crippen LogP contribution in [0.5, 0.6) is 0 Å². The number of nitrogens with one attached hydrogen (secondary N) is 1. The third-order valence-corrected chi connectivity index (χ3v) is 8.05. The van der Waals surface area contributed by atoms with Gasteiger partial charge in [0.05, 0.1) is 0 Å². The second-order valence-electron chi connectivity index (χ2n) is 10.9. The molecule has 5 heteroatoms. The quantitative estimate of drug-likeness (QED) is 0.218. The van der Waals surface area contributed by atoms with Crippen molar-refractivity contribution < 1.29 is 14.0 Å². The molecule has 1 N–H and O–H groups in total. The van der Waals surface area contributed by atoms with Crippen molar-refractivity contribution in [3.05, 3.63) is 143 Å². The maximum Gasteiger partial charge on any atom is 0.243 e. The molecule has 0 radical (unpaired) electrons. The van der Waals surface area contributed by atoms with E-state index in [4.69, 9.17) is 0 Å². The Morgan fingerprint density at radius 1 is 0.756 bits per heavy atom. The van der Waals surface area contributed by atoms with Gasteiger partial charge in [-0.05, 0) is 35.6 Å². The lowest BCUT2D eigenvalue weighted by atomic mass is 9.87. The zero-order valence-corrected chi connectivity index (χ0v) is 23.3. The van der Waals surface area contributed by atoms with E-state index in [1.807, 2.05) is 91.0 Å². The van der Waals surface area contributed by atoms with Crippen LogP contribution in [0.25, 0.3) is 0 Å². The number of hydrogen-bond donors (Lipinski definition) is 1. The van der Waals surface area contributed by atoms with E-state index in [1.165, 1.54) is 6.07 Å². The normalized spacial score (nSPS) is 14.1. The van der Waals surface area contributed by atoms with E-state index >= 15 is 0 Å². The fourth-order valence-electron chi connectivity index (χ4n) is 5.82. The summed E-state index contributed by atoms with van der Waals surface area (Å²) in [7, 11) is 0. The molecule has 5 rings (SSSR count). The molecule has 0 aliphatic heterocycles. The van der Waals surface area contributed by atoms with Crippen molar-refractivity contribution in [1.29, 1.82) is 0 Å². The van der Waals surface area contributed by atoms with E-state index in [0.29, 0.717) is 12.0 Å². The highest BCUT2D eigenvalue weighted by molar-refractivity contribution is 5.88. The lowest BCUT2D eigenvalue weighted by Gasteiger charge is -2.33. The van der Waals surface area contributed by atoms with Crippen molar-refractivity contribution in [3.8, 4) is 0 Å². The summed E-state index contributed by atoms with van der Waals surface area (Å²) in [6, 6.07) is 35.5. The molecule has 0 bridgehead atoms. The minimum atomic E-state index is -0.780. The van der Waals surface area contributed by atoms with Crippen molar-refractivity contribution in [3.63, 3.8) is 0 Å². The molecule has 0 spiro atoms. The number of carbonyl (C=O) groups excluding carboxylic acids is 2. The van der Waals surface area contributed by atoms with Crippen LogP contribution in [-0.2, 0) is 22.6 Å². The predicted octanol–water partition coefficient (Wildman–Crippen LogP) is 7.05. The van der Waals surface area contributed by atoms with Crippen LogP contribution in [0.2, 0.25) is 0 Å². The number of rotatable bonds is 11. The Labute approximate surface area is 242 Å². The number of amides is 2. The SMILES string of the molecule is O=C(NC1CCCC1)[C@@H](Cc1ccccc1)N(Cc1ccccc1F)C(=O)CC(c1ccccc1)c1ccccc1. The molecular weight excluding hydrogens is 511 g/mol. The summed E-state index contributed by atoms with van der Waals surface area (Å²) in [5.74, 6) is -0.958. The Kier molecular flexibility index (Phi) is 9.58. The van der Waals surface area contributed by atoms with Gasteiger partial charge < -0.3 is 10.2 Å². The van der Waals surface area contributed by atoms with E-state index in [0.717, 1.165) is 42.4 Å². The van der Waals surface area contributed by atoms with Gasteiger partial charge in [0.1, 0.15) is 11.9 Å². The van der Waals surface area contributed by atoms with Gasteiger partial charge in [0.2, 0.25) is 11.8 Å². The molecule has 1 aliphatic carbocycles. The average Bonchev–Trinajstić information content (AvgIpc) is 3.53. The third kappa shape index (κ3) is 7.49. The molecule has 1 atom stereocenters. The van der Waals surface area contributed by atoms with Crippen molar-refractivity contribution in [2.75, 3.05) is 0 Å².